The predicted molar refractivity (Wildman–Crippen MR) is 191 cm³/mol. The number of rotatable bonds is 18. The number of nitrogens with one attached hydrogen (secondary N) is 5. The molecule has 0 unspecified atom stereocenters. The fourth-order valence-corrected chi connectivity index (χ4v) is 7.61. The molecule has 20 heteroatoms. The fourth-order valence-electron chi connectivity index (χ4n) is 5.92. The molecule has 54 heavy (non-hydrogen) atoms. The molecule has 2 amide bonds. The molecule has 3 fully saturated rings. The highest BCUT2D eigenvalue weighted by molar-refractivity contribution is 7.90. The van der Waals surface area contributed by atoms with Gasteiger partial charge >= 0.3 is 12.2 Å². The number of carbonyl (C=O) groups is 2. The summed E-state index contributed by atoms with van der Waals surface area (Å²) in [6.07, 6.45) is 0.646. The largest absolute Gasteiger partial charge is 0.454 e. The van der Waals surface area contributed by atoms with Crippen LogP contribution in [-0.2, 0) is 20.4 Å². The molecule has 6 rings (SSSR count). The number of benzene rings is 2. The van der Waals surface area contributed by atoms with Crippen molar-refractivity contribution in [3.05, 3.63) is 77.3 Å². The summed E-state index contributed by atoms with van der Waals surface area (Å²) in [5.41, 5.74) is 2.44. The highest BCUT2D eigenvalue weighted by Gasteiger charge is 2.60. The number of hydrogen-bond donors (Lipinski definition) is 6. The Balaban J connectivity index is 1.01. The van der Waals surface area contributed by atoms with Crippen molar-refractivity contribution >= 4 is 51.0 Å². The third-order valence-electron chi connectivity index (χ3n) is 9.47. The molecule has 3 saturated carbocycles. The Morgan fingerprint density at radius 1 is 1.06 bits per heavy atom. The lowest BCUT2D eigenvalue weighted by molar-refractivity contribution is -0.159. The van der Waals surface area contributed by atoms with Crippen LogP contribution >= 0.6 is 11.6 Å². The lowest BCUT2D eigenvalue weighted by Crippen LogP contribution is -2.56. The molecule has 2 atom stereocenters. The maximum absolute atomic E-state index is 12.9. The number of amides is 2. The second-order valence-electron chi connectivity index (χ2n) is 13.5. The van der Waals surface area contributed by atoms with E-state index in [1.54, 1.807) is 24.3 Å². The van der Waals surface area contributed by atoms with E-state index in [2.05, 4.69) is 47.6 Å². The predicted octanol–water partition coefficient (Wildman–Crippen LogP) is 4.57. The second kappa shape index (κ2) is 15.7. The molecule has 3 aliphatic carbocycles. The number of hydroxylamine groups is 1. The normalized spacial score (nSPS) is 20.4. The van der Waals surface area contributed by atoms with Crippen LogP contribution in [0.1, 0.15) is 60.9 Å². The van der Waals surface area contributed by atoms with Crippen molar-refractivity contribution < 1.29 is 41.1 Å². The third kappa shape index (κ3) is 9.56. The van der Waals surface area contributed by atoms with Crippen LogP contribution < -0.4 is 30.8 Å². The van der Waals surface area contributed by atoms with Crippen LogP contribution in [0.4, 0.5) is 30.8 Å². The number of ether oxygens (including phenoxy) is 1. The number of hydrogen-bond acceptors (Lipinski definition) is 13. The van der Waals surface area contributed by atoms with Crippen molar-refractivity contribution in [3.63, 3.8) is 0 Å². The third-order valence-corrected chi connectivity index (χ3v) is 11.5. The smallest absolute Gasteiger partial charge is 0.422 e. The zero-order valence-electron chi connectivity index (χ0n) is 28.8. The summed E-state index contributed by atoms with van der Waals surface area (Å²) >= 11 is 6.03. The van der Waals surface area contributed by atoms with E-state index in [0.29, 0.717) is 34.3 Å². The van der Waals surface area contributed by atoms with E-state index < -0.39 is 57.0 Å². The summed E-state index contributed by atoms with van der Waals surface area (Å²) in [5, 5.41) is 20.0. The van der Waals surface area contributed by atoms with E-state index in [1.165, 1.54) is 18.2 Å². The zero-order chi connectivity index (χ0) is 38.7. The first-order valence-electron chi connectivity index (χ1n) is 17.2. The van der Waals surface area contributed by atoms with E-state index in [4.69, 9.17) is 16.3 Å². The monoisotopic (exact) mass is 793 g/mol. The first-order valence-corrected chi connectivity index (χ1v) is 19.1. The average Bonchev–Trinajstić information content (AvgIpc) is 4.01. The van der Waals surface area contributed by atoms with Gasteiger partial charge in [0.2, 0.25) is 21.9 Å². The molecule has 2 aromatic carbocycles. The number of aromatic nitrogens is 3. The Labute approximate surface area is 314 Å². The maximum atomic E-state index is 12.9. The lowest BCUT2D eigenvalue weighted by Gasteiger charge is -2.28. The van der Waals surface area contributed by atoms with Crippen molar-refractivity contribution in [3.8, 4) is 6.01 Å². The van der Waals surface area contributed by atoms with Crippen LogP contribution in [0.3, 0.4) is 0 Å². The lowest BCUT2D eigenvalue weighted by atomic mass is 10.0. The molecule has 0 bridgehead atoms. The van der Waals surface area contributed by atoms with E-state index >= 15 is 0 Å². The average molecular weight is 794 g/mol. The van der Waals surface area contributed by atoms with E-state index in [-0.39, 0.29) is 43.7 Å². The number of halogens is 4. The molecule has 1 aromatic heterocycles. The van der Waals surface area contributed by atoms with Crippen LogP contribution in [-0.4, -0.2) is 82.2 Å². The first-order chi connectivity index (χ1) is 25.6. The molecule has 1 heterocycles. The van der Waals surface area contributed by atoms with Gasteiger partial charge in [-0.05, 0) is 80.5 Å². The Morgan fingerprint density at radius 3 is 2.33 bits per heavy atom. The Hall–Kier alpha value is -4.56. The van der Waals surface area contributed by atoms with Gasteiger partial charge in [-0.3, -0.25) is 19.5 Å². The van der Waals surface area contributed by atoms with Crippen LogP contribution in [0.15, 0.2) is 61.2 Å². The number of alkyl halides is 3. The van der Waals surface area contributed by atoms with Gasteiger partial charge in [-0.15, -0.1) is 11.8 Å². The van der Waals surface area contributed by atoms with E-state index in [0.717, 1.165) is 24.8 Å². The Bertz CT molecular complexity index is 1970. The highest BCUT2D eigenvalue weighted by Crippen LogP contribution is 2.48. The van der Waals surface area contributed by atoms with Crippen LogP contribution in [0.2, 0.25) is 5.02 Å². The fraction of sp³-hybridized carbons (Fsp3) is 0.441. The van der Waals surface area contributed by atoms with Gasteiger partial charge in [0.1, 0.15) is 5.54 Å². The first kappa shape index (κ1) is 39.1. The second-order valence-corrected chi connectivity index (χ2v) is 15.9. The molecule has 3 aliphatic rings. The topological polar surface area (TPSA) is 200 Å². The molecular formula is C34H39ClF3N9O6S. The van der Waals surface area contributed by atoms with E-state index in [9.17, 15) is 36.4 Å². The van der Waals surface area contributed by atoms with Crippen LogP contribution in [0, 0.1) is 5.92 Å². The zero-order valence-corrected chi connectivity index (χ0v) is 30.4. The minimum absolute atomic E-state index is 0.00208. The van der Waals surface area contributed by atoms with Crippen LogP contribution in [0.25, 0.3) is 0 Å². The summed E-state index contributed by atoms with van der Waals surface area (Å²) < 4.78 is 70.7. The van der Waals surface area contributed by atoms with Gasteiger partial charge in [0.25, 0.3) is 11.8 Å². The molecule has 0 radical (unpaired) electrons. The molecule has 0 saturated heterocycles. The van der Waals surface area contributed by atoms with Crippen molar-refractivity contribution in [2.24, 2.45) is 5.92 Å². The minimum atomic E-state index is -4.62. The van der Waals surface area contributed by atoms with Crippen molar-refractivity contribution in [2.45, 2.75) is 67.4 Å². The van der Waals surface area contributed by atoms with Gasteiger partial charge in [0, 0.05) is 35.3 Å². The Kier molecular flexibility index (Phi) is 11.4. The number of anilines is 3. The molecule has 3 aromatic rings. The standard InChI is InChI=1S/C34H39ClF3N9O6S/c1-2-22-19-33(22,28(49)45-54(51,52)26-5-3-6-26)46-47(50)18-4-17-39-27(48)21-7-13-25(14-8-21)40-29-41-30(43-31(42-29)53-20-34(36,37)38)44-32(15-16-32)23-9-11-24(35)12-10-23/h2,7-14,22,26,46,50H,1,3-6,15-20H2,(H,39,48)(H,45,49)(H2,40,41,42,43,44)/t22-,33-/m1/s1. The van der Waals surface area contributed by atoms with Gasteiger partial charge in [0.15, 0.2) is 6.61 Å². The maximum Gasteiger partial charge on any atom is 0.422 e. The highest BCUT2D eigenvalue weighted by atomic mass is 35.5. The van der Waals surface area contributed by atoms with Gasteiger partial charge in [-0.25, -0.2) is 13.8 Å². The molecule has 0 spiro atoms. The van der Waals surface area contributed by atoms with Crippen molar-refractivity contribution in [1.82, 2.24) is 35.6 Å². The summed E-state index contributed by atoms with van der Waals surface area (Å²) in [6.45, 7) is 2.23. The number of nitrogens with zero attached hydrogens (tertiary/aromatic N) is 4. The van der Waals surface area contributed by atoms with E-state index in [1.807, 2.05) is 12.1 Å². The quantitative estimate of drug-likeness (QED) is 0.0595. The van der Waals surface area contributed by atoms with Gasteiger partial charge in [-0.2, -0.15) is 28.1 Å². The van der Waals surface area contributed by atoms with Crippen molar-refractivity contribution in [2.75, 3.05) is 30.3 Å². The molecule has 15 nitrogen and oxygen atoms in total. The molecule has 6 N–H and O–H groups in total. The van der Waals surface area contributed by atoms with Gasteiger partial charge < -0.3 is 20.7 Å². The van der Waals surface area contributed by atoms with Crippen molar-refractivity contribution in [1.29, 1.82) is 0 Å². The minimum Gasteiger partial charge on any atom is -0.454 e. The molecule has 0 aliphatic heterocycles. The van der Waals surface area contributed by atoms with Gasteiger partial charge in [0.05, 0.1) is 10.8 Å². The summed E-state index contributed by atoms with van der Waals surface area (Å²) in [4.78, 5) is 38.1. The SMILES string of the molecule is C=C[C@@H]1C[C@]1(NN(O)CCCNC(=O)c1ccc(Nc2nc(NC3(c4ccc(Cl)cc4)CC3)nc(OCC(F)(F)F)n2)cc1)C(=O)NS(=O)(=O)C1CCC1. The summed E-state index contributed by atoms with van der Waals surface area (Å²) in [7, 11) is -3.81. The number of carbonyl (C=O) groups excluding carboxylic acids is 2. The summed E-state index contributed by atoms with van der Waals surface area (Å²) in [6, 6.07) is 12.8. The van der Waals surface area contributed by atoms with Gasteiger partial charge in [-0.1, -0.05) is 36.2 Å². The van der Waals surface area contributed by atoms with Crippen LogP contribution in [0.5, 0.6) is 6.01 Å². The number of sulfonamides is 1. The molecular weight excluding hydrogens is 755 g/mol. The molecule has 290 valence electrons. The number of hydrazine groups is 1. The Morgan fingerprint density at radius 2 is 1.74 bits per heavy atom. The summed E-state index contributed by atoms with van der Waals surface area (Å²) in [5.74, 6) is -1.66.